The minimum absolute atomic E-state index is 0.294. The number of methoxy groups -OCH3 is 1. The van der Waals surface area contributed by atoms with E-state index in [9.17, 15) is 4.39 Å². The van der Waals surface area contributed by atoms with Crippen LogP contribution in [-0.2, 0) is 13.1 Å². The highest BCUT2D eigenvalue weighted by Crippen LogP contribution is 2.21. The highest BCUT2D eigenvalue weighted by Gasteiger charge is 2.18. The van der Waals surface area contributed by atoms with Gasteiger partial charge in [0.2, 0.25) is 0 Å². The van der Waals surface area contributed by atoms with Crippen molar-refractivity contribution in [3.8, 4) is 5.75 Å². The Morgan fingerprint density at radius 3 is 2.44 bits per heavy atom. The van der Waals surface area contributed by atoms with Crippen LogP contribution in [0.5, 0.6) is 5.75 Å². The lowest BCUT2D eigenvalue weighted by Gasteiger charge is -2.34. The van der Waals surface area contributed by atoms with Crippen LogP contribution in [-0.4, -0.2) is 48.1 Å². The van der Waals surface area contributed by atoms with Crippen LogP contribution in [0.1, 0.15) is 11.1 Å². The molecule has 2 aromatic carbocycles. The van der Waals surface area contributed by atoms with Crippen LogP contribution >= 0.6 is 0 Å². The molecule has 1 saturated heterocycles. The largest absolute Gasteiger partial charge is 0.494 e. The van der Waals surface area contributed by atoms with Crippen LogP contribution in [0.3, 0.4) is 0 Å². The van der Waals surface area contributed by atoms with Crippen LogP contribution in [0.25, 0.3) is 10.9 Å². The van der Waals surface area contributed by atoms with E-state index in [0.29, 0.717) is 5.75 Å². The number of halogens is 1. The van der Waals surface area contributed by atoms with Gasteiger partial charge >= 0.3 is 0 Å². The van der Waals surface area contributed by atoms with Gasteiger partial charge in [0.25, 0.3) is 0 Å². The Morgan fingerprint density at radius 1 is 0.963 bits per heavy atom. The van der Waals surface area contributed by atoms with E-state index < -0.39 is 0 Å². The number of para-hydroxylation sites is 1. The SMILES string of the molecule is COc1ccc(CN2CCN(Cc3cccc4cccnc34)CC2)cc1F. The second kappa shape index (κ2) is 8.03. The molecule has 1 fully saturated rings. The van der Waals surface area contributed by atoms with E-state index in [1.807, 2.05) is 18.3 Å². The van der Waals surface area contributed by atoms with Crippen molar-refractivity contribution in [2.75, 3.05) is 33.3 Å². The van der Waals surface area contributed by atoms with Gasteiger partial charge in [-0.25, -0.2) is 4.39 Å². The predicted octanol–water partition coefficient (Wildman–Crippen LogP) is 3.70. The third kappa shape index (κ3) is 4.10. The fraction of sp³-hybridized carbons (Fsp3) is 0.318. The molecule has 0 N–H and O–H groups in total. The van der Waals surface area contributed by atoms with Crippen LogP contribution in [0.2, 0.25) is 0 Å². The second-order valence-corrected chi connectivity index (χ2v) is 7.01. The van der Waals surface area contributed by atoms with Gasteiger partial charge in [-0.2, -0.15) is 0 Å². The van der Waals surface area contributed by atoms with Crippen molar-refractivity contribution in [2.24, 2.45) is 0 Å². The molecular formula is C22H24FN3O. The molecule has 1 aliphatic heterocycles. The molecule has 0 atom stereocenters. The van der Waals surface area contributed by atoms with Gasteiger partial charge in [0.1, 0.15) is 0 Å². The molecule has 0 bridgehead atoms. The zero-order valence-electron chi connectivity index (χ0n) is 15.6. The van der Waals surface area contributed by atoms with Crippen LogP contribution in [0.15, 0.2) is 54.7 Å². The number of ether oxygens (including phenoxy) is 1. The first-order chi connectivity index (χ1) is 13.2. The number of piperazine rings is 1. The molecule has 2 heterocycles. The fourth-order valence-corrected chi connectivity index (χ4v) is 3.71. The topological polar surface area (TPSA) is 28.6 Å². The summed E-state index contributed by atoms with van der Waals surface area (Å²) in [6, 6.07) is 15.7. The quantitative estimate of drug-likeness (QED) is 0.689. The van der Waals surface area contributed by atoms with Crippen molar-refractivity contribution in [3.63, 3.8) is 0 Å². The first-order valence-electron chi connectivity index (χ1n) is 9.33. The molecule has 5 heteroatoms. The van der Waals surface area contributed by atoms with Crippen molar-refractivity contribution in [2.45, 2.75) is 13.1 Å². The molecule has 3 aromatic rings. The Bertz CT molecular complexity index is 917. The highest BCUT2D eigenvalue weighted by molar-refractivity contribution is 5.81. The summed E-state index contributed by atoms with van der Waals surface area (Å²) in [6.45, 7) is 5.64. The van der Waals surface area contributed by atoms with Crippen LogP contribution in [0, 0.1) is 5.82 Å². The number of hydrogen-bond donors (Lipinski definition) is 0. The number of benzene rings is 2. The molecule has 140 valence electrons. The van der Waals surface area contributed by atoms with Gasteiger partial charge in [-0.15, -0.1) is 0 Å². The number of rotatable bonds is 5. The Balaban J connectivity index is 1.35. The van der Waals surface area contributed by atoms with Gasteiger partial charge in [0.15, 0.2) is 11.6 Å². The van der Waals surface area contributed by atoms with Crippen molar-refractivity contribution in [1.82, 2.24) is 14.8 Å². The standard InChI is InChI=1S/C22H24FN3O/c1-27-21-8-7-17(14-20(21)23)15-25-10-12-26(13-11-25)16-19-5-2-4-18-6-3-9-24-22(18)19/h2-9,14H,10-13,15-16H2,1H3. The third-order valence-electron chi connectivity index (χ3n) is 5.20. The van der Waals surface area contributed by atoms with Crippen molar-refractivity contribution in [1.29, 1.82) is 0 Å². The number of pyridine rings is 1. The molecule has 0 radical (unpaired) electrons. The normalized spacial score (nSPS) is 15.9. The van der Waals surface area contributed by atoms with Crippen LogP contribution in [0.4, 0.5) is 4.39 Å². The molecule has 0 saturated carbocycles. The summed E-state index contributed by atoms with van der Waals surface area (Å²) in [5.74, 6) is 0.00404. The summed E-state index contributed by atoms with van der Waals surface area (Å²) in [5.41, 5.74) is 3.36. The fourth-order valence-electron chi connectivity index (χ4n) is 3.71. The van der Waals surface area contributed by atoms with E-state index in [1.54, 1.807) is 12.1 Å². The molecular weight excluding hydrogens is 341 g/mol. The van der Waals surface area contributed by atoms with E-state index in [4.69, 9.17) is 4.74 Å². The summed E-state index contributed by atoms with van der Waals surface area (Å²) in [5, 5.41) is 1.19. The summed E-state index contributed by atoms with van der Waals surface area (Å²) >= 11 is 0. The Morgan fingerprint density at radius 2 is 1.70 bits per heavy atom. The summed E-state index contributed by atoms with van der Waals surface area (Å²) in [7, 11) is 1.49. The van der Waals surface area contributed by atoms with Crippen molar-refractivity contribution in [3.05, 3.63) is 71.7 Å². The molecule has 27 heavy (non-hydrogen) atoms. The van der Waals surface area contributed by atoms with Gasteiger partial charge < -0.3 is 4.74 Å². The Labute approximate surface area is 159 Å². The monoisotopic (exact) mass is 365 g/mol. The first kappa shape index (κ1) is 17.9. The lowest BCUT2D eigenvalue weighted by molar-refractivity contribution is 0.122. The molecule has 0 spiro atoms. The third-order valence-corrected chi connectivity index (χ3v) is 5.20. The van der Waals surface area contributed by atoms with Gasteiger partial charge in [0.05, 0.1) is 12.6 Å². The molecule has 4 nitrogen and oxygen atoms in total. The summed E-state index contributed by atoms with van der Waals surface area (Å²) in [6.07, 6.45) is 1.86. The van der Waals surface area contributed by atoms with E-state index in [-0.39, 0.29) is 5.82 Å². The highest BCUT2D eigenvalue weighted by atomic mass is 19.1. The molecule has 4 rings (SSSR count). The molecule has 0 unspecified atom stereocenters. The predicted molar refractivity (Wildman–Crippen MR) is 105 cm³/mol. The van der Waals surface area contributed by atoms with E-state index in [1.165, 1.54) is 18.1 Å². The zero-order chi connectivity index (χ0) is 18.6. The molecule has 0 aliphatic carbocycles. The lowest BCUT2D eigenvalue weighted by Crippen LogP contribution is -2.45. The van der Waals surface area contributed by atoms with Crippen molar-refractivity contribution < 1.29 is 9.13 Å². The average molecular weight is 365 g/mol. The van der Waals surface area contributed by atoms with E-state index in [2.05, 4.69) is 39.0 Å². The van der Waals surface area contributed by atoms with Crippen molar-refractivity contribution >= 4 is 10.9 Å². The maximum Gasteiger partial charge on any atom is 0.165 e. The molecule has 1 aromatic heterocycles. The van der Waals surface area contributed by atoms with E-state index >= 15 is 0 Å². The summed E-state index contributed by atoms with van der Waals surface area (Å²) < 4.78 is 18.9. The minimum Gasteiger partial charge on any atom is -0.494 e. The van der Waals surface area contributed by atoms with Gasteiger partial charge in [0, 0.05) is 50.9 Å². The van der Waals surface area contributed by atoms with E-state index in [0.717, 1.165) is 50.3 Å². The van der Waals surface area contributed by atoms with Gasteiger partial charge in [-0.1, -0.05) is 30.3 Å². The summed E-state index contributed by atoms with van der Waals surface area (Å²) in [4.78, 5) is 9.40. The van der Waals surface area contributed by atoms with Crippen LogP contribution < -0.4 is 4.74 Å². The second-order valence-electron chi connectivity index (χ2n) is 7.01. The minimum atomic E-state index is -0.294. The number of hydrogen-bond acceptors (Lipinski definition) is 4. The number of aromatic nitrogens is 1. The molecule has 1 aliphatic rings. The molecule has 0 amide bonds. The average Bonchev–Trinajstić information content (AvgIpc) is 2.70. The van der Waals surface area contributed by atoms with Gasteiger partial charge in [-0.05, 0) is 29.3 Å². The maximum absolute atomic E-state index is 13.9. The Kier molecular flexibility index (Phi) is 5.32. The lowest BCUT2D eigenvalue weighted by atomic mass is 10.1. The smallest absolute Gasteiger partial charge is 0.165 e. The Hall–Kier alpha value is -2.50. The number of nitrogens with zero attached hydrogens (tertiary/aromatic N) is 3. The van der Waals surface area contributed by atoms with Gasteiger partial charge in [-0.3, -0.25) is 14.8 Å². The first-order valence-corrected chi connectivity index (χ1v) is 9.33. The maximum atomic E-state index is 13.9. The zero-order valence-corrected chi connectivity index (χ0v) is 15.6. The number of fused-ring (bicyclic) bond motifs is 1.